The number of ether oxygens (including phenoxy) is 1. The molecule has 0 aliphatic rings. The van der Waals surface area contributed by atoms with Gasteiger partial charge < -0.3 is 14.5 Å². The lowest BCUT2D eigenvalue weighted by Gasteiger charge is -2.20. The first-order valence-corrected chi connectivity index (χ1v) is 9.84. The van der Waals surface area contributed by atoms with Crippen LogP contribution in [0.2, 0.25) is 0 Å². The van der Waals surface area contributed by atoms with E-state index in [1.165, 1.54) is 17.6 Å². The van der Waals surface area contributed by atoms with E-state index in [0.29, 0.717) is 17.1 Å². The van der Waals surface area contributed by atoms with Crippen molar-refractivity contribution in [3.05, 3.63) is 64.9 Å². The molecule has 1 aromatic carbocycles. The SMILES string of the molecule is Cc1ccc(C(=O)N[C@H](C(=O)OCc2coc(-c3cccs3)n2)C(C)C)cc1. The van der Waals surface area contributed by atoms with Crippen molar-refractivity contribution >= 4 is 23.2 Å². The number of hydrogen-bond acceptors (Lipinski definition) is 6. The highest BCUT2D eigenvalue weighted by atomic mass is 32.1. The van der Waals surface area contributed by atoms with Crippen LogP contribution < -0.4 is 5.32 Å². The summed E-state index contributed by atoms with van der Waals surface area (Å²) in [5.74, 6) is -0.441. The van der Waals surface area contributed by atoms with E-state index in [-0.39, 0.29) is 18.4 Å². The molecule has 2 aromatic heterocycles. The molecule has 28 heavy (non-hydrogen) atoms. The van der Waals surface area contributed by atoms with Crippen molar-refractivity contribution < 1.29 is 18.7 Å². The number of nitrogens with zero attached hydrogens (tertiary/aromatic N) is 1. The van der Waals surface area contributed by atoms with Gasteiger partial charge in [-0.05, 0) is 36.4 Å². The molecular weight excluding hydrogens is 376 g/mol. The van der Waals surface area contributed by atoms with Gasteiger partial charge in [0.15, 0.2) is 0 Å². The van der Waals surface area contributed by atoms with Crippen LogP contribution in [-0.2, 0) is 16.1 Å². The Labute approximate surface area is 167 Å². The molecule has 0 saturated heterocycles. The number of aryl methyl sites for hydroxylation is 1. The Kier molecular flexibility index (Phi) is 6.26. The van der Waals surface area contributed by atoms with Crippen molar-refractivity contribution in [3.63, 3.8) is 0 Å². The molecule has 0 saturated carbocycles. The molecule has 0 radical (unpaired) electrons. The van der Waals surface area contributed by atoms with Crippen LogP contribution in [0.4, 0.5) is 0 Å². The van der Waals surface area contributed by atoms with E-state index >= 15 is 0 Å². The summed E-state index contributed by atoms with van der Waals surface area (Å²) in [6, 6.07) is 10.2. The largest absolute Gasteiger partial charge is 0.458 e. The Hall–Kier alpha value is -2.93. The summed E-state index contributed by atoms with van der Waals surface area (Å²) in [6.07, 6.45) is 1.47. The summed E-state index contributed by atoms with van der Waals surface area (Å²) in [5.41, 5.74) is 2.08. The smallest absolute Gasteiger partial charge is 0.329 e. The number of benzene rings is 1. The normalized spacial score (nSPS) is 12.0. The first kappa shape index (κ1) is 19.8. The fourth-order valence-corrected chi connectivity index (χ4v) is 3.20. The molecule has 0 bridgehead atoms. The van der Waals surface area contributed by atoms with Crippen molar-refractivity contribution in [3.8, 4) is 10.8 Å². The highest BCUT2D eigenvalue weighted by Gasteiger charge is 2.26. The van der Waals surface area contributed by atoms with Crippen LogP contribution in [0.3, 0.4) is 0 Å². The Bertz CT molecular complexity index is 930. The lowest BCUT2D eigenvalue weighted by Crippen LogP contribution is -2.45. The third-order valence-corrected chi connectivity index (χ3v) is 5.02. The zero-order valence-corrected chi connectivity index (χ0v) is 16.8. The molecule has 0 aliphatic heterocycles. The zero-order chi connectivity index (χ0) is 20.1. The Morgan fingerprint density at radius 2 is 1.96 bits per heavy atom. The molecule has 3 aromatic rings. The highest BCUT2D eigenvalue weighted by molar-refractivity contribution is 7.13. The van der Waals surface area contributed by atoms with Crippen molar-refractivity contribution in [2.45, 2.75) is 33.4 Å². The van der Waals surface area contributed by atoms with Crippen molar-refractivity contribution in [1.29, 1.82) is 0 Å². The summed E-state index contributed by atoms with van der Waals surface area (Å²) in [7, 11) is 0. The van der Waals surface area contributed by atoms with Crippen molar-refractivity contribution in [2.24, 2.45) is 5.92 Å². The molecule has 3 rings (SSSR count). The van der Waals surface area contributed by atoms with Gasteiger partial charge in [-0.3, -0.25) is 4.79 Å². The molecule has 2 heterocycles. The predicted octanol–water partition coefficient (Wildman–Crippen LogP) is 4.21. The number of nitrogens with one attached hydrogen (secondary N) is 1. The number of oxazole rings is 1. The van der Waals surface area contributed by atoms with E-state index in [1.54, 1.807) is 12.1 Å². The fraction of sp³-hybridized carbons (Fsp3) is 0.286. The summed E-state index contributed by atoms with van der Waals surface area (Å²) < 4.78 is 10.8. The van der Waals surface area contributed by atoms with E-state index in [1.807, 2.05) is 50.4 Å². The third kappa shape index (κ3) is 4.86. The molecule has 0 unspecified atom stereocenters. The first-order chi connectivity index (χ1) is 13.4. The van der Waals surface area contributed by atoms with Gasteiger partial charge >= 0.3 is 5.97 Å². The summed E-state index contributed by atoms with van der Waals surface area (Å²) in [5, 5.41) is 4.69. The lowest BCUT2D eigenvalue weighted by atomic mass is 10.0. The molecule has 0 spiro atoms. The summed E-state index contributed by atoms with van der Waals surface area (Å²) in [4.78, 5) is 30.2. The van der Waals surface area contributed by atoms with Crippen LogP contribution in [0.1, 0.15) is 35.5 Å². The standard InChI is InChI=1S/C21H22N2O4S/c1-13(2)18(23-19(24)15-8-6-14(3)7-9-15)21(25)27-12-16-11-26-20(22-16)17-5-4-10-28-17/h4-11,13,18H,12H2,1-3H3,(H,23,24)/t18-/m0/s1. The molecule has 6 nitrogen and oxygen atoms in total. The third-order valence-electron chi connectivity index (χ3n) is 4.17. The van der Waals surface area contributed by atoms with Crippen LogP contribution in [0, 0.1) is 12.8 Å². The van der Waals surface area contributed by atoms with Crippen molar-refractivity contribution in [1.82, 2.24) is 10.3 Å². The zero-order valence-electron chi connectivity index (χ0n) is 16.0. The molecule has 0 fully saturated rings. The fourth-order valence-electron chi connectivity index (χ4n) is 2.55. The Morgan fingerprint density at radius 1 is 1.21 bits per heavy atom. The second-order valence-corrected chi connectivity index (χ2v) is 7.74. The molecule has 1 amide bonds. The van der Waals surface area contributed by atoms with Gasteiger partial charge in [-0.15, -0.1) is 11.3 Å². The van der Waals surface area contributed by atoms with Crippen LogP contribution >= 0.6 is 11.3 Å². The number of amides is 1. The van der Waals surface area contributed by atoms with Gasteiger partial charge in [-0.25, -0.2) is 9.78 Å². The quantitative estimate of drug-likeness (QED) is 0.603. The summed E-state index contributed by atoms with van der Waals surface area (Å²) in [6.45, 7) is 5.64. The van der Waals surface area contributed by atoms with Gasteiger partial charge in [0.05, 0.1) is 4.88 Å². The average molecular weight is 398 g/mol. The summed E-state index contributed by atoms with van der Waals surface area (Å²) >= 11 is 1.52. The number of rotatable bonds is 7. The average Bonchev–Trinajstić information content (AvgIpc) is 3.35. The number of carbonyl (C=O) groups is 2. The van der Waals surface area contributed by atoms with Crippen molar-refractivity contribution in [2.75, 3.05) is 0 Å². The molecule has 7 heteroatoms. The minimum absolute atomic E-state index is 0.0165. The van der Waals surface area contributed by atoms with Gasteiger partial charge in [0.2, 0.25) is 5.89 Å². The Balaban J connectivity index is 1.60. The molecular formula is C21H22N2O4S. The number of thiophene rings is 1. The van der Waals surface area contributed by atoms with Crippen LogP contribution in [0.25, 0.3) is 10.8 Å². The molecule has 1 atom stereocenters. The van der Waals surface area contributed by atoms with E-state index in [4.69, 9.17) is 9.15 Å². The van der Waals surface area contributed by atoms with Gasteiger partial charge in [0.25, 0.3) is 5.91 Å². The topological polar surface area (TPSA) is 81.4 Å². The van der Waals surface area contributed by atoms with Gasteiger partial charge in [0.1, 0.15) is 24.6 Å². The number of hydrogen-bond donors (Lipinski definition) is 1. The predicted molar refractivity (Wildman–Crippen MR) is 107 cm³/mol. The van der Waals surface area contributed by atoms with E-state index in [9.17, 15) is 9.59 Å². The molecule has 0 aliphatic carbocycles. The minimum atomic E-state index is -0.752. The highest BCUT2D eigenvalue weighted by Crippen LogP contribution is 2.23. The maximum absolute atomic E-state index is 12.5. The second kappa shape index (κ2) is 8.84. The second-order valence-electron chi connectivity index (χ2n) is 6.79. The molecule has 146 valence electrons. The molecule has 1 N–H and O–H groups in total. The van der Waals surface area contributed by atoms with Gasteiger partial charge in [-0.2, -0.15) is 0 Å². The number of esters is 1. The van der Waals surface area contributed by atoms with Crippen LogP contribution in [0.15, 0.2) is 52.5 Å². The Morgan fingerprint density at radius 3 is 2.61 bits per heavy atom. The van der Waals surface area contributed by atoms with E-state index < -0.39 is 12.0 Å². The first-order valence-electron chi connectivity index (χ1n) is 8.96. The van der Waals surface area contributed by atoms with E-state index in [2.05, 4.69) is 10.3 Å². The maximum Gasteiger partial charge on any atom is 0.329 e. The lowest BCUT2D eigenvalue weighted by molar-refractivity contribution is -0.148. The van der Waals surface area contributed by atoms with Crippen LogP contribution in [0.5, 0.6) is 0 Å². The number of carbonyl (C=O) groups excluding carboxylic acids is 2. The maximum atomic E-state index is 12.5. The van der Waals surface area contributed by atoms with Gasteiger partial charge in [-0.1, -0.05) is 37.6 Å². The van der Waals surface area contributed by atoms with Crippen LogP contribution in [-0.4, -0.2) is 22.9 Å². The minimum Gasteiger partial charge on any atom is -0.458 e. The number of aromatic nitrogens is 1. The van der Waals surface area contributed by atoms with Gasteiger partial charge in [0, 0.05) is 5.56 Å². The van der Waals surface area contributed by atoms with E-state index in [0.717, 1.165) is 10.4 Å². The monoisotopic (exact) mass is 398 g/mol.